The Balaban J connectivity index is 1.91. The van der Waals surface area contributed by atoms with E-state index in [0.717, 1.165) is 11.4 Å². The van der Waals surface area contributed by atoms with Gasteiger partial charge in [-0.15, -0.1) is 0 Å². The Labute approximate surface area is 129 Å². The van der Waals surface area contributed by atoms with Crippen molar-refractivity contribution in [3.05, 3.63) is 54.1 Å². The van der Waals surface area contributed by atoms with Gasteiger partial charge in [-0.2, -0.15) is 5.26 Å². The van der Waals surface area contributed by atoms with Crippen LogP contribution in [0.2, 0.25) is 0 Å². The number of carbonyl (C=O) groups is 1. The smallest absolute Gasteiger partial charge is 0.243 e. The van der Waals surface area contributed by atoms with Gasteiger partial charge in [-0.25, -0.2) is 0 Å². The molecule has 0 bridgehead atoms. The second-order valence-corrected chi connectivity index (χ2v) is 4.52. The fourth-order valence-corrected chi connectivity index (χ4v) is 1.90. The number of nitriles is 1. The Bertz CT molecular complexity index is 675. The first-order valence-corrected chi connectivity index (χ1v) is 6.98. The summed E-state index contributed by atoms with van der Waals surface area (Å²) in [6, 6.07) is 16.2. The monoisotopic (exact) mass is 295 g/mol. The zero-order valence-electron chi connectivity index (χ0n) is 12.3. The SMILES string of the molecule is CCOc1ccccc1NCC(=O)Nc1ccc(C#N)cc1. The number of hydrogen-bond donors (Lipinski definition) is 2. The predicted molar refractivity (Wildman–Crippen MR) is 85.9 cm³/mol. The maximum atomic E-state index is 11.9. The van der Waals surface area contributed by atoms with Gasteiger partial charge in [0.15, 0.2) is 0 Å². The van der Waals surface area contributed by atoms with E-state index in [-0.39, 0.29) is 12.5 Å². The highest BCUT2D eigenvalue weighted by atomic mass is 16.5. The van der Waals surface area contributed by atoms with E-state index in [2.05, 4.69) is 10.6 Å². The molecule has 5 nitrogen and oxygen atoms in total. The fourth-order valence-electron chi connectivity index (χ4n) is 1.90. The summed E-state index contributed by atoms with van der Waals surface area (Å²) in [5, 5.41) is 14.5. The van der Waals surface area contributed by atoms with E-state index in [0.29, 0.717) is 17.9 Å². The number of para-hydroxylation sites is 2. The zero-order valence-corrected chi connectivity index (χ0v) is 12.3. The summed E-state index contributed by atoms with van der Waals surface area (Å²) in [6.45, 7) is 2.61. The average molecular weight is 295 g/mol. The minimum Gasteiger partial charge on any atom is -0.492 e. The van der Waals surface area contributed by atoms with E-state index in [4.69, 9.17) is 10.00 Å². The number of amides is 1. The molecule has 0 radical (unpaired) electrons. The van der Waals surface area contributed by atoms with Crippen LogP contribution >= 0.6 is 0 Å². The first-order valence-electron chi connectivity index (χ1n) is 6.98. The van der Waals surface area contributed by atoms with Crippen LogP contribution in [-0.4, -0.2) is 19.1 Å². The highest BCUT2D eigenvalue weighted by Gasteiger charge is 2.05. The first kappa shape index (κ1) is 15.4. The Morgan fingerprint density at radius 3 is 2.59 bits per heavy atom. The third-order valence-electron chi connectivity index (χ3n) is 2.92. The van der Waals surface area contributed by atoms with Crippen molar-refractivity contribution in [1.29, 1.82) is 5.26 Å². The molecule has 0 aromatic heterocycles. The van der Waals surface area contributed by atoms with Crippen molar-refractivity contribution >= 4 is 17.3 Å². The van der Waals surface area contributed by atoms with Crippen LogP contribution in [0, 0.1) is 11.3 Å². The van der Waals surface area contributed by atoms with Gasteiger partial charge < -0.3 is 15.4 Å². The maximum absolute atomic E-state index is 11.9. The number of hydrogen-bond acceptors (Lipinski definition) is 4. The van der Waals surface area contributed by atoms with Crippen LogP contribution in [0.5, 0.6) is 5.75 Å². The summed E-state index contributed by atoms with van der Waals surface area (Å²) in [7, 11) is 0. The molecule has 0 saturated carbocycles. The standard InChI is InChI=1S/C17H17N3O2/c1-2-22-16-6-4-3-5-15(16)19-12-17(21)20-14-9-7-13(11-18)8-10-14/h3-10,19H,2,12H2,1H3,(H,20,21). The Hall–Kier alpha value is -3.00. The molecule has 22 heavy (non-hydrogen) atoms. The Morgan fingerprint density at radius 1 is 1.18 bits per heavy atom. The van der Waals surface area contributed by atoms with Crippen molar-refractivity contribution in [2.45, 2.75) is 6.92 Å². The fraction of sp³-hybridized carbons (Fsp3) is 0.176. The van der Waals surface area contributed by atoms with Crippen LogP contribution in [0.4, 0.5) is 11.4 Å². The molecule has 1 amide bonds. The molecule has 5 heteroatoms. The van der Waals surface area contributed by atoms with Crippen LogP contribution in [0.25, 0.3) is 0 Å². The molecule has 2 aromatic rings. The molecule has 0 fully saturated rings. The average Bonchev–Trinajstić information content (AvgIpc) is 2.55. The van der Waals surface area contributed by atoms with E-state index in [1.165, 1.54) is 0 Å². The van der Waals surface area contributed by atoms with Gasteiger partial charge in [0, 0.05) is 5.69 Å². The molecule has 2 N–H and O–H groups in total. The lowest BCUT2D eigenvalue weighted by molar-refractivity contribution is -0.114. The molecule has 0 aliphatic heterocycles. The lowest BCUT2D eigenvalue weighted by atomic mass is 10.2. The van der Waals surface area contributed by atoms with Gasteiger partial charge in [0.1, 0.15) is 5.75 Å². The normalized spacial score (nSPS) is 9.64. The largest absolute Gasteiger partial charge is 0.492 e. The molecular formula is C17H17N3O2. The van der Waals surface area contributed by atoms with Crippen LogP contribution in [0.1, 0.15) is 12.5 Å². The molecule has 0 atom stereocenters. The van der Waals surface area contributed by atoms with Gasteiger partial charge in [0.05, 0.1) is 30.5 Å². The zero-order chi connectivity index (χ0) is 15.8. The summed E-state index contributed by atoms with van der Waals surface area (Å²) in [6.07, 6.45) is 0. The lowest BCUT2D eigenvalue weighted by Gasteiger charge is -2.12. The Kier molecular flexibility index (Phi) is 5.38. The summed E-state index contributed by atoms with van der Waals surface area (Å²) in [5.74, 6) is 0.548. The molecule has 0 saturated heterocycles. The highest BCUT2D eigenvalue weighted by molar-refractivity contribution is 5.93. The van der Waals surface area contributed by atoms with Crippen molar-refractivity contribution in [3.8, 4) is 11.8 Å². The quantitative estimate of drug-likeness (QED) is 0.859. The maximum Gasteiger partial charge on any atom is 0.243 e. The number of nitrogens with one attached hydrogen (secondary N) is 2. The van der Waals surface area contributed by atoms with Crippen LogP contribution in [0.15, 0.2) is 48.5 Å². The van der Waals surface area contributed by atoms with Gasteiger partial charge in [-0.3, -0.25) is 4.79 Å². The topological polar surface area (TPSA) is 74.2 Å². The van der Waals surface area contributed by atoms with E-state index < -0.39 is 0 Å². The molecule has 0 spiro atoms. The second kappa shape index (κ2) is 7.70. The van der Waals surface area contributed by atoms with Crippen molar-refractivity contribution in [2.24, 2.45) is 0 Å². The molecule has 112 valence electrons. The summed E-state index contributed by atoms with van der Waals surface area (Å²) in [5.41, 5.74) is 1.99. The van der Waals surface area contributed by atoms with Crippen LogP contribution < -0.4 is 15.4 Å². The van der Waals surface area contributed by atoms with Crippen LogP contribution in [-0.2, 0) is 4.79 Å². The first-order chi connectivity index (χ1) is 10.7. The van der Waals surface area contributed by atoms with Crippen molar-refractivity contribution in [2.75, 3.05) is 23.8 Å². The molecule has 2 aromatic carbocycles. The summed E-state index contributed by atoms with van der Waals surface area (Å²) >= 11 is 0. The predicted octanol–water partition coefficient (Wildman–Crippen LogP) is 3.01. The van der Waals surface area contributed by atoms with E-state index >= 15 is 0 Å². The van der Waals surface area contributed by atoms with Crippen LogP contribution in [0.3, 0.4) is 0 Å². The molecule has 0 aliphatic carbocycles. The molecule has 0 aliphatic rings. The Morgan fingerprint density at radius 2 is 1.91 bits per heavy atom. The molecule has 0 unspecified atom stereocenters. The van der Waals surface area contributed by atoms with Gasteiger partial charge in [-0.05, 0) is 43.3 Å². The minimum atomic E-state index is -0.170. The van der Waals surface area contributed by atoms with E-state index in [1.807, 2.05) is 37.3 Å². The highest BCUT2D eigenvalue weighted by Crippen LogP contribution is 2.23. The number of ether oxygens (including phenoxy) is 1. The van der Waals surface area contributed by atoms with E-state index in [9.17, 15) is 4.79 Å². The molecule has 2 rings (SSSR count). The third kappa shape index (κ3) is 4.25. The summed E-state index contributed by atoms with van der Waals surface area (Å²) in [4.78, 5) is 11.9. The second-order valence-electron chi connectivity index (χ2n) is 4.52. The lowest BCUT2D eigenvalue weighted by Crippen LogP contribution is -2.22. The van der Waals surface area contributed by atoms with Gasteiger partial charge in [0.2, 0.25) is 5.91 Å². The van der Waals surface area contributed by atoms with Gasteiger partial charge in [-0.1, -0.05) is 12.1 Å². The third-order valence-corrected chi connectivity index (χ3v) is 2.92. The van der Waals surface area contributed by atoms with Crippen molar-refractivity contribution in [1.82, 2.24) is 0 Å². The summed E-state index contributed by atoms with van der Waals surface area (Å²) < 4.78 is 5.49. The van der Waals surface area contributed by atoms with Crippen molar-refractivity contribution < 1.29 is 9.53 Å². The van der Waals surface area contributed by atoms with Crippen molar-refractivity contribution in [3.63, 3.8) is 0 Å². The number of rotatable bonds is 6. The number of carbonyl (C=O) groups excluding carboxylic acids is 1. The van der Waals surface area contributed by atoms with Gasteiger partial charge >= 0.3 is 0 Å². The number of nitrogens with zero attached hydrogens (tertiary/aromatic N) is 1. The molecule has 0 heterocycles. The minimum absolute atomic E-state index is 0.129. The number of anilines is 2. The van der Waals surface area contributed by atoms with E-state index in [1.54, 1.807) is 24.3 Å². The van der Waals surface area contributed by atoms with Gasteiger partial charge in [0.25, 0.3) is 0 Å². The number of benzene rings is 2. The molecular weight excluding hydrogens is 278 g/mol.